The quantitative estimate of drug-likeness (QED) is 0.600. The molecule has 0 saturated carbocycles. The van der Waals surface area contributed by atoms with E-state index in [0.717, 1.165) is 29.9 Å². The average Bonchev–Trinajstić information content (AvgIpc) is 2.74. The van der Waals surface area contributed by atoms with Crippen LogP contribution in [-0.2, 0) is 14.8 Å². The second-order valence-electron chi connectivity index (χ2n) is 8.51. The maximum atomic E-state index is 12.7. The lowest BCUT2D eigenvalue weighted by atomic mass is 10.1. The number of carbonyl (C=O) groups is 1. The van der Waals surface area contributed by atoms with Gasteiger partial charge in [-0.3, -0.25) is 9.10 Å². The third kappa shape index (κ3) is 5.95. The van der Waals surface area contributed by atoms with Crippen molar-refractivity contribution in [3.8, 4) is 0 Å². The Morgan fingerprint density at radius 3 is 2.25 bits per heavy atom. The molecule has 174 valence electrons. The van der Waals surface area contributed by atoms with Crippen LogP contribution in [0.2, 0.25) is 5.02 Å². The highest BCUT2D eigenvalue weighted by Crippen LogP contribution is 2.26. The van der Waals surface area contributed by atoms with Crippen molar-refractivity contribution >= 4 is 38.9 Å². The molecule has 0 spiro atoms. The zero-order valence-electron chi connectivity index (χ0n) is 19.3. The van der Waals surface area contributed by atoms with E-state index in [4.69, 9.17) is 11.6 Å². The molecule has 1 aliphatic heterocycles. The molecule has 0 bridgehead atoms. The fourth-order valence-electron chi connectivity index (χ4n) is 4.02. The van der Waals surface area contributed by atoms with Crippen LogP contribution in [-0.4, -0.2) is 58.2 Å². The van der Waals surface area contributed by atoms with Gasteiger partial charge in [-0.05, 0) is 68.1 Å². The van der Waals surface area contributed by atoms with Crippen LogP contribution in [0.1, 0.15) is 29.5 Å². The van der Waals surface area contributed by atoms with E-state index in [1.807, 2.05) is 55.1 Å². The number of rotatable bonds is 7. The van der Waals surface area contributed by atoms with Crippen molar-refractivity contribution in [1.82, 2.24) is 4.90 Å². The summed E-state index contributed by atoms with van der Waals surface area (Å²) in [5.41, 5.74) is 5.08. The summed E-state index contributed by atoms with van der Waals surface area (Å²) in [5, 5.41) is 0.711. The van der Waals surface area contributed by atoms with Crippen LogP contribution in [0, 0.1) is 20.8 Å². The summed E-state index contributed by atoms with van der Waals surface area (Å²) in [6.45, 7) is 9.12. The molecule has 3 rings (SSSR count). The van der Waals surface area contributed by atoms with Gasteiger partial charge in [0.05, 0.1) is 11.9 Å². The molecule has 0 aliphatic carbocycles. The second-order valence-corrected chi connectivity index (χ2v) is 10.8. The SMILES string of the molecule is Cc1ccc(N(CCCC(=O)N2CCN(c3cc(Cl)ccc3C)CC2)S(C)(=O)=O)cc1C. The molecule has 1 fully saturated rings. The number of anilines is 2. The Bertz CT molecular complexity index is 1080. The minimum absolute atomic E-state index is 0.0704. The smallest absolute Gasteiger partial charge is 0.232 e. The van der Waals surface area contributed by atoms with Gasteiger partial charge in [0.1, 0.15) is 0 Å². The highest BCUT2D eigenvalue weighted by atomic mass is 35.5. The number of benzene rings is 2. The van der Waals surface area contributed by atoms with E-state index in [0.29, 0.717) is 36.6 Å². The van der Waals surface area contributed by atoms with Gasteiger partial charge in [-0.15, -0.1) is 0 Å². The molecule has 0 radical (unpaired) electrons. The van der Waals surface area contributed by atoms with Gasteiger partial charge in [-0.2, -0.15) is 0 Å². The molecule has 2 aromatic carbocycles. The molecular formula is C24H32ClN3O3S. The van der Waals surface area contributed by atoms with Gasteiger partial charge in [-0.1, -0.05) is 23.7 Å². The van der Waals surface area contributed by atoms with Crippen molar-refractivity contribution in [3.63, 3.8) is 0 Å². The minimum atomic E-state index is -3.42. The van der Waals surface area contributed by atoms with Gasteiger partial charge in [0.25, 0.3) is 0 Å². The predicted octanol–water partition coefficient (Wildman–Crippen LogP) is 4.16. The van der Waals surface area contributed by atoms with Gasteiger partial charge in [-0.25, -0.2) is 8.42 Å². The van der Waals surface area contributed by atoms with E-state index in [1.165, 1.54) is 16.1 Å². The normalized spacial score (nSPS) is 14.5. The van der Waals surface area contributed by atoms with Crippen LogP contribution < -0.4 is 9.21 Å². The molecule has 1 aliphatic rings. The van der Waals surface area contributed by atoms with E-state index < -0.39 is 10.0 Å². The van der Waals surface area contributed by atoms with Crippen molar-refractivity contribution in [2.24, 2.45) is 0 Å². The molecule has 1 saturated heterocycles. The van der Waals surface area contributed by atoms with Gasteiger partial charge in [0.2, 0.25) is 15.9 Å². The number of hydrogen-bond donors (Lipinski definition) is 0. The third-order valence-corrected chi connectivity index (χ3v) is 7.50. The summed E-state index contributed by atoms with van der Waals surface area (Å²) < 4.78 is 26.1. The Labute approximate surface area is 196 Å². The van der Waals surface area contributed by atoms with E-state index in [2.05, 4.69) is 11.8 Å². The molecule has 1 amide bonds. The predicted molar refractivity (Wildman–Crippen MR) is 132 cm³/mol. The Hall–Kier alpha value is -2.25. The third-order valence-electron chi connectivity index (χ3n) is 6.07. The number of halogens is 1. The first-order chi connectivity index (χ1) is 15.1. The zero-order valence-corrected chi connectivity index (χ0v) is 20.8. The first-order valence-electron chi connectivity index (χ1n) is 10.9. The van der Waals surface area contributed by atoms with Crippen molar-refractivity contribution < 1.29 is 13.2 Å². The van der Waals surface area contributed by atoms with Crippen molar-refractivity contribution in [2.75, 3.05) is 48.2 Å². The lowest BCUT2D eigenvalue weighted by molar-refractivity contribution is -0.131. The Kier molecular flexibility index (Phi) is 7.72. The van der Waals surface area contributed by atoms with Gasteiger partial charge in [0, 0.05) is 49.9 Å². The van der Waals surface area contributed by atoms with Crippen LogP contribution in [0.15, 0.2) is 36.4 Å². The number of piperazine rings is 1. The number of aryl methyl sites for hydroxylation is 3. The van der Waals surface area contributed by atoms with Crippen LogP contribution in [0.3, 0.4) is 0 Å². The van der Waals surface area contributed by atoms with Crippen LogP contribution >= 0.6 is 11.6 Å². The first-order valence-corrected chi connectivity index (χ1v) is 13.1. The summed E-state index contributed by atoms with van der Waals surface area (Å²) in [4.78, 5) is 16.9. The van der Waals surface area contributed by atoms with Crippen molar-refractivity contribution in [3.05, 3.63) is 58.1 Å². The van der Waals surface area contributed by atoms with Crippen molar-refractivity contribution in [2.45, 2.75) is 33.6 Å². The Morgan fingerprint density at radius 1 is 0.969 bits per heavy atom. The number of amides is 1. The molecule has 1 heterocycles. The highest BCUT2D eigenvalue weighted by Gasteiger charge is 2.23. The minimum Gasteiger partial charge on any atom is -0.368 e. The molecule has 0 unspecified atom stereocenters. The molecule has 0 aromatic heterocycles. The summed E-state index contributed by atoms with van der Waals surface area (Å²) in [6.07, 6.45) is 2.01. The van der Waals surface area contributed by atoms with E-state index in [-0.39, 0.29) is 12.5 Å². The average molecular weight is 478 g/mol. The summed E-state index contributed by atoms with van der Waals surface area (Å²) >= 11 is 6.15. The number of sulfonamides is 1. The summed E-state index contributed by atoms with van der Waals surface area (Å²) in [6, 6.07) is 11.5. The molecular weight excluding hydrogens is 446 g/mol. The standard InChI is InChI=1S/C24H32ClN3O3S/c1-18-8-10-22(16-20(18)3)28(32(4,30)31)11-5-6-24(29)27-14-12-26(13-15-27)23-17-21(25)9-7-19(23)2/h7-10,16-17H,5-6,11-15H2,1-4H3. The van der Waals surface area contributed by atoms with Gasteiger partial charge in [0.15, 0.2) is 0 Å². The Morgan fingerprint density at radius 2 is 1.62 bits per heavy atom. The number of carbonyl (C=O) groups excluding carboxylic acids is 1. The van der Waals surface area contributed by atoms with Crippen molar-refractivity contribution in [1.29, 1.82) is 0 Å². The topological polar surface area (TPSA) is 60.9 Å². The lowest BCUT2D eigenvalue weighted by Crippen LogP contribution is -2.49. The van der Waals surface area contributed by atoms with Crippen LogP contribution in [0.25, 0.3) is 0 Å². The summed E-state index contributed by atoms with van der Waals surface area (Å²) in [7, 11) is -3.42. The van der Waals surface area contributed by atoms with E-state index in [9.17, 15) is 13.2 Å². The Balaban J connectivity index is 1.55. The fourth-order valence-corrected chi connectivity index (χ4v) is 5.14. The van der Waals surface area contributed by atoms with E-state index in [1.54, 1.807) is 0 Å². The second kappa shape index (κ2) is 10.1. The molecule has 8 heteroatoms. The first kappa shape index (κ1) is 24.4. The van der Waals surface area contributed by atoms with Crippen LogP contribution in [0.5, 0.6) is 0 Å². The maximum absolute atomic E-state index is 12.7. The van der Waals surface area contributed by atoms with Crippen LogP contribution in [0.4, 0.5) is 11.4 Å². The molecule has 32 heavy (non-hydrogen) atoms. The zero-order chi connectivity index (χ0) is 23.5. The monoisotopic (exact) mass is 477 g/mol. The highest BCUT2D eigenvalue weighted by molar-refractivity contribution is 7.92. The lowest BCUT2D eigenvalue weighted by Gasteiger charge is -2.37. The van der Waals surface area contributed by atoms with Gasteiger partial charge >= 0.3 is 0 Å². The number of hydrogen-bond acceptors (Lipinski definition) is 4. The largest absolute Gasteiger partial charge is 0.368 e. The maximum Gasteiger partial charge on any atom is 0.232 e. The summed E-state index contributed by atoms with van der Waals surface area (Å²) in [5.74, 6) is 0.0704. The number of nitrogens with zero attached hydrogens (tertiary/aromatic N) is 3. The molecule has 6 nitrogen and oxygen atoms in total. The molecule has 0 N–H and O–H groups in total. The molecule has 0 atom stereocenters. The van der Waals surface area contributed by atoms with E-state index >= 15 is 0 Å². The van der Waals surface area contributed by atoms with Gasteiger partial charge < -0.3 is 9.80 Å². The fraction of sp³-hybridized carbons (Fsp3) is 0.458. The molecule has 2 aromatic rings.